The molecule has 5 nitrogen and oxygen atoms in total. The van der Waals surface area contributed by atoms with Crippen molar-refractivity contribution < 1.29 is 13.7 Å². The van der Waals surface area contributed by atoms with Crippen LogP contribution in [0.1, 0.15) is 0 Å². The Morgan fingerprint density at radius 3 is 2.50 bits per heavy atom. The summed E-state index contributed by atoms with van der Waals surface area (Å²) in [5.74, 6) is -1.84. The molecule has 0 radical (unpaired) electrons. The van der Waals surface area contributed by atoms with Crippen LogP contribution in [-0.4, -0.2) is 9.91 Å². The lowest BCUT2D eigenvalue weighted by atomic mass is 10.1. The number of halogens is 2. The van der Waals surface area contributed by atoms with Gasteiger partial charge in [0.05, 0.1) is 10.6 Å². The van der Waals surface area contributed by atoms with Crippen LogP contribution in [0.2, 0.25) is 0 Å². The van der Waals surface area contributed by atoms with Gasteiger partial charge in [-0.25, -0.2) is 13.8 Å². The second kappa shape index (κ2) is 4.36. The molecule has 0 aliphatic carbocycles. The van der Waals surface area contributed by atoms with Crippen molar-refractivity contribution in [1.82, 2.24) is 4.98 Å². The molecule has 0 saturated heterocycles. The summed E-state index contributed by atoms with van der Waals surface area (Å²) in [6, 6.07) is 5.34. The van der Waals surface area contributed by atoms with Gasteiger partial charge < -0.3 is 5.73 Å². The first kappa shape index (κ1) is 11.9. The average Bonchev–Trinajstić information content (AvgIpc) is 2.28. The van der Waals surface area contributed by atoms with Crippen LogP contribution in [-0.2, 0) is 0 Å². The molecule has 0 unspecified atom stereocenters. The van der Waals surface area contributed by atoms with E-state index < -0.39 is 16.6 Å². The van der Waals surface area contributed by atoms with Crippen LogP contribution in [0, 0.1) is 21.7 Å². The zero-order valence-electron chi connectivity index (χ0n) is 8.93. The summed E-state index contributed by atoms with van der Waals surface area (Å²) < 4.78 is 26.2. The molecule has 2 N–H and O–H groups in total. The molecule has 7 heteroatoms. The molecule has 0 bridgehead atoms. The minimum absolute atomic E-state index is 0.0259. The van der Waals surface area contributed by atoms with Gasteiger partial charge in [-0.05, 0) is 18.2 Å². The van der Waals surface area contributed by atoms with E-state index in [-0.39, 0.29) is 22.8 Å². The van der Waals surface area contributed by atoms with Crippen LogP contribution in [0.5, 0.6) is 0 Å². The number of nitro groups is 1. The summed E-state index contributed by atoms with van der Waals surface area (Å²) in [7, 11) is 0. The highest BCUT2D eigenvalue weighted by atomic mass is 19.1. The van der Waals surface area contributed by atoms with Crippen LogP contribution in [0.3, 0.4) is 0 Å². The van der Waals surface area contributed by atoms with Crippen LogP contribution < -0.4 is 5.73 Å². The molecule has 18 heavy (non-hydrogen) atoms. The van der Waals surface area contributed by atoms with Crippen molar-refractivity contribution in [2.24, 2.45) is 0 Å². The van der Waals surface area contributed by atoms with Crippen molar-refractivity contribution in [1.29, 1.82) is 0 Å². The fourth-order valence-electron chi connectivity index (χ4n) is 1.47. The Hall–Kier alpha value is -2.57. The zero-order valence-corrected chi connectivity index (χ0v) is 8.93. The molecule has 2 rings (SSSR count). The molecule has 0 aliphatic heterocycles. The Labute approximate surface area is 100 Å². The Morgan fingerprint density at radius 1 is 1.22 bits per heavy atom. The van der Waals surface area contributed by atoms with Crippen LogP contribution in [0.4, 0.5) is 20.3 Å². The number of benzene rings is 1. The highest BCUT2D eigenvalue weighted by Crippen LogP contribution is 2.26. The van der Waals surface area contributed by atoms with Crippen LogP contribution in [0.25, 0.3) is 11.3 Å². The van der Waals surface area contributed by atoms with Gasteiger partial charge in [-0.15, -0.1) is 0 Å². The van der Waals surface area contributed by atoms with E-state index in [1.165, 1.54) is 12.1 Å². The molecule has 0 amide bonds. The first-order valence-electron chi connectivity index (χ1n) is 4.85. The standard InChI is InChI=1S/C11H7F2N3O2/c12-6-1-2-7(8(13)5-6)9-3-4-10(16(17)18)11(14)15-9/h1-5H,(H2,14,15). The summed E-state index contributed by atoms with van der Waals surface area (Å²) >= 11 is 0. The van der Waals surface area contributed by atoms with Gasteiger partial charge in [-0.1, -0.05) is 0 Å². The Kier molecular flexibility index (Phi) is 2.88. The molecule has 0 spiro atoms. The van der Waals surface area contributed by atoms with E-state index in [1.807, 2.05) is 0 Å². The lowest BCUT2D eigenvalue weighted by molar-refractivity contribution is -0.384. The molecular weight excluding hydrogens is 244 g/mol. The number of hydrogen-bond donors (Lipinski definition) is 1. The van der Waals surface area contributed by atoms with Crippen molar-refractivity contribution in [3.8, 4) is 11.3 Å². The molecule has 1 heterocycles. The summed E-state index contributed by atoms with van der Waals surface area (Å²) in [5.41, 5.74) is 5.16. The third-order valence-corrected chi connectivity index (χ3v) is 2.31. The molecule has 0 aliphatic rings. The van der Waals surface area contributed by atoms with E-state index >= 15 is 0 Å². The van der Waals surface area contributed by atoms with Gasteiger partial charge in [0.25, 0.3) is 0 Å². The maximum atomic E-state index is 13.5. The van der Waals surface area contributed by atoms with E-state index in [9.17, 15) is 18.9 Å². The SMILES string of the molecule is Nc1nc(-c2ccc(F)cc2F)ccc1[N+](=O)[O-]. The third-order valence-electron chi connectivity index (χ3n) is 2.31. The number of pyridine rings is 1. The van der Waals surface area contributed by atoms with Crippen LogP contribution >= 0.6 is 0 Å². The maximum Gasteiger partial charge on any atom is 0.311 e. The van der Waals surface area contributed by atoms with Gasteiger partial charge in [0.1, 0.15) is 11.6 Å². The summed E-state index contributed by atoms with van der Waals surface area (Å²) in [6.45, 7) is 0. The fourth-order valence-corrected chi connectivity index (χ4v) is 1.47. The van der Waals surface area contributed by atoms with Crippen molar-refractivity contribution >= 4 is 11.5 Å². The monoisotopic (exact) mass is 251 g/mol. The maximum absolute atomic E-state index is 13.5. The molecular formula is C11H7F2N3O2. The quantitative estimate of drug-likeness (QED) is 0.656. The van der Waals surface area contributed by atoms with Crippen molar-refractivity contribution in [2.75, 3.05) is 5.73 Å². The normalized spacial score (nSPS) is 10.3. The van der Waals surface area contributed by atoms with Crippen molar-refractivity contribution in [2.45, 2.75) is 0 Å². The Morgan fingerprint density at radius 2 is 1.94 bits per heavy atom. The van der Waals surface area contributed by atoms with Gasteiger partial charge in [0.2, 0.25) is 5.82 Å². The molecule has 0 saturated carbocycles. The van der Waals surface area contributed by atoms with Crippen LogP contribution in [0.15, 0.2) is 30.3 Å². The van der Waals surface area contributed by atoms with Crippen molar-refractivity contribution in [3.63, 3.8) is 0 Å². The predicted molar refractivity (Wildman–Crippen MR) is 60.7 cm³/mol. The lowest BCUT2D eigenvalue weighted by Gasteiger charge is -2.04. The number of aromatic nitrogens is 1. The average molecular weight is 251 g/mol. The van der Waals surface area contributed by atoms with E-state index in [0.29, 0.717) is 6.07 Å². The molecule has 92 valence electrons. The minimum Gasteiger partial charge on any atom is -0.378 e. The molecule has 1 aromatic carbocycles. The van der Waals surface area contributed by atoms with E-state index in [0.717, 1.165) is 12.1 Å². The van der Waals surface area contributed by atoms with Gasteiger partial charge in [-0.2, -0.15) is 0 Å². The predicted octanol–water partition coefficient (Wildman–Crippen LogP) is 2.52. The third kappa shape index (κ3) is 2.10. The van der Waals surface area contributed by atoms with E-state index in [4.69, 9.17) is 5.73 Å². The Balaban J connectivity index is 2.52. The van der Waals surface area contributed by atoms with E-state index in [2.05, 4.69) is 4.98 Å². The fraction of sp³-hybridized carbons (Fsp3) is 0. The molecule has 0 atom stereocenters. The second-order valence-electron chi connectivity index (χ2n) is 3.48. The zero-order chi connectivity index (χ0) is 13.3. The summed E-state index contributed by atoms with van der Waals surface area (Å²) in [6.07, 6.45) is 0. The van der Waals surface area contributed by atoms with E-state index in [1.54, 1.807) is 0 Å². The number of hydrogen-bond acceptors (Lipinski definition) is 4. The number of nitrogens with two attached hydrogens (primary N) is 1. The van der Waals surface area contributed by atoms with Crippen molar-refractivity contribution in [3.05, 3.63) is 52.1 Å². The summed E-state index contributed by atoms with van der Waals surface area (Å²) in [5, 5.41) is 10.5. The molecule has 2 aromatic rings. The summed E-state index contributed by atoms with van der Waals surface area (Å²) in [4.78, 5) is 13.6. The minimum atomic E-state index is -0.809. The highest BCUT2D eigenvalue weighted by Gasteiger charge is 2.15. The molecule has 0 fully saturated rings. The molecule has 1 aromatic heterocycles. The Bertz CT molecular complexity index is 632. The number of rotatable bonds is 2. The van der Waals surface area contributed by atoms with Gasteiger partial charge in [0.15, 0.2) is 0 Å². The first-order valence-corrected chi connectivity index (χ1v) is 4.85. The smallest absolute Gasteiger partial charge is 0.311 e. The van der Waals surface area contributed by atoms with Gasteiger partial charge in [-0.3, -0.25) is 10.1 Å². The topological polar surface area (TPSA) is 82.0 Å². The largest absolute Gasteiger partial charge is 0.378 e. The number of nitrogens with zero attached hydrogens (tertiary/aromatic N) is 2. The first-order chi connectivity index (χ1) is 8.49. The van der Waals surface area contributed by atoms with Gasteiger partial charge in [0, 0.05) is 17.7 Å². The second-order valence-corrected chi connectivity index (χ2v) is 3.48. The van der Waals surface area contributed by atoms with Gasteiger partial charge >= 0.3 is 5.69 Å². The highest BCUT2D eigenvalue weighted by molar-refractivity contribution is 5.65. The lowest BCUT2D eigenvalue weighted by Crippen LogP contribution is -2.00. The number of nitrogen functional groups attached to an aromatic ring is 1. The number of anilines is 1.